The standard InChI is InChI=1S/C10H13N5O/c1-3-15(7-10(16)12-2)9-6-13-8(4-11)5-14-9/h5-6H,3,7H2,1-2H3,(H,12,16). The molecule has 1 aromatic rings. The summed E-state index contributed by atoms with van der Waals surface area (Å²) in [5.41, 5.74) is 0.264. The van der Waals surface area contributed by atoms with Crippen LogP contribution in [0.5, 0.6) is 0 Å². The topological polar surface area (TPSA) is 81.9 Å². The molecule has 0 fully saturated rings. The quantitative estimate of drug-likeness (QED) is 0.766. The van der Waals surface area contributed by atoms with Crippen LogP contribution in [0.25, 0.3) is 0 Å². The molecular weight excluding hydrogens is 206 g/mol. The number of nitrogens with zero attached hydrogens (tertiary/aromatic N) is 4. The van der Waals surface area contributed by atoms with Gasteiger partial charge in [0.05, 0.1) is 18.9 Å². The molecule has 0 aromatic carbocycles. The highest BCUT2D eigenvalue weighted by Crippen LogP contribution is 2.07. The van der Waals surface area contributed by atoms with E-state index in [-0.39, 0.29) is 18.1 Å². The Hall–Kier alpha value is -2.16. The second-order valence-electron chi connectivity index (χ2n) is 3.06. The molecule has 0 spiro atoms. The van der Waals surface area contributed by atoms with Gasteiger partial charge in [-0.2, -0.15) is 5.26 Å². The fourth-order valence-corrected chi connectivity index (χ4v) is 1.15. The van der Waals surface area contributed by atoms with E-state index in [0.717, 1.165) is 0 Å². The van der Waals surface area contributed by atoms with E-state index >= 15 is 0 Å². The van der Waals surface area contributed by atoms with Crippen LogP contribution in [0.1, 0.15) is 12.6 Å². The molecule has 6 nitrogen and oxygen atoms in total. The Kier molecular flexibility index (Phi) is 4.21. The molecule has 1 N–H and O–H groups in total. The van der Waals surface area contributed by atoms with Crippen LogP contribution >= 0.6 is 0 Å². The highest BCUT2D eigenvalue weighted by molar-refractivity contribution is 5.80. The SMILES string of the molecule is CCN(CC(=O)NC)c1cnc(C#N)cn1. The lowest BCUT2D eigenvalue weighted by atomic mass is 10.4. The number of hydrogen-bond acceptors (Lipinski definition) is 5. The van der Waals surface area contributed by atoms with Crippen LogP contribution in [0.15, 0.2) is 12.4 Å². The third-order valence-corrected chi connectivity index (χ3v) is 2.07. The van der Waals surface area contributed by atoms with E-state index < -0.39 is 0 Å². The Morgan fingerprint density at radius 2 is 2.31 bits per heavy atom. The Morgan fingerprint density at radius 1 is 1.56 bits per heavy atom. The van der Waals surface area contributed by atoms with Crippen molar-refractivity contribution in [2.45, 2.75) is 6.92 Å². The van der Waals surface area contributed by atoms with E-state index in [0.29, 0.717) is 12.4 Å². The number of nitriles is 1. The van der Waals surface area contributed by atoms with Gasteiger partial charge in [0, 0.05) is 13.6 Å². The highest BCUT2D eigenvalue weighted by atomic mass is 16.1. The lowest BCUT2D eigenvalue weighted by Crippen LogP contribution is -2.36. The number of likely N-dealkylation sites (N-methyl/N-ethyl adjacent to an activating group) is 2. The zero-order valence-corrected chi connectivity index (χ0v) is 9.27. The van der Waals surface area contributed by atoms with Gasteiger partial charge in [-0.15, -0.1) is 0 Å². The van der Waals surface area contributed by atoms with Crippen molar-refractivity contribution >= 4 is 11.7 Å². The molecule has 0 aliphatic rings. The summed E-state index contributed by atoms with van der Waals surface area (Å²) in [7, 11) is 1.58. The van der Waals surface area contributed by atoms with Gasteiger partial charge in [-0.25, -0.2) is 9.97 Å². The minimum atomic E-state index is -0.0898. The number of aromatic nitrogens is 2. The molecule has 0 bridgehead atoms. The molecule has 0 unspecified atom stereocenters. The summed E-state index contributed by atoms with van der Waals surface area (Å²) in [6.45, 7) is 2.80. The van der Waals surface area contributed by atoms with E-state index in [4.69, 9.17) is 5.26 Å². The second-order valence-corrected chi connectivity index (χ2v) is 3.06. The first-order valence-electron chi connectivity index (χ1n) is 4.89. The molecule has 1 rings (SSSR count). The first-order valence-corrected chi connectivity index (χ1v) is 4.89. The summed E-state index contributed by atoms with van der Waals surface area (Å²) >= 11 is 0. The van der Waals surface area contributed by atoms with Gasteiger partial charge in [0.25, 0.3) is 0 Å². The molecule has 0 saturated carbocycles. The predicted octanol–water partition coefficient (Wildman–Crippen LogP) is -0.0794. The van der Waals surface area contributed by atoms with Crippen molar-refractivity contribution in [3.63, 3.8) is 0 Å². The van der Waals surface area contributed by atoms with Crippen molar-refractivity contribution in [1.29, 1.82) is 5.26 Å². The summed E-state index contributed by atoms with van der Waals surface area (Å²) in [6, 6.07) is 1.89. The maximum Gasteiger partial charge on any atom is 0.239 e. The van der Waals surface area contributed by atoms with Crippen molar-refractivity contribution in [3.05, 3.63) is 18.1 Å². The van der Waals surface area contributed by atoms with Crippen molar-refractivity contribution in [2.75, 3.05) is 25.0 Å². The number of hydrogen-bond donors (Lipinski definition) is 1. The van der Waals surface area contributed by atoms with Crippen LogP contribution in [0.2, 0.25) is 0 Å². The molecule has 84 valence electrons. The molecular formula is C10H13N5O. The molecule has 1 aromatic heterocycles. The van der Waals surface area contributed by atoms with Gasteiger partial charge in [-0.3, -0.25) is 4.79 Å². The van der Waals surface area contributed by atoms with Crippen molar-refractivity contribution in [2.24, 2.45) is 0 Å². The Bertz CT molecular complexity index is 395. The predicted molar refractivity (Wildman–Crippen MR) is 58.7 cm³/mol. The maximum atomic E-state index is 11.2. The third-order valence-electron chi connectivity index (χ3n) is 2.07. The van der Waals surface area contributed by atoms with Gasteiger partial charge in [0.2, 0.25) is 5.91 Å². The first-order chi connectivity index (χ1) is 7.71. The maximum absolute atomic E-state index is 11.2. The van der Waals surface area contributed by atoms with E-state index in [9.17, 15) is 4.79 Å². The molecule has 1 heterocycles. The van der Waals surface area contributed by atoms with E-state index in [1.54, 1.807) is 11.9 Å². The number of nitrogens with one attached hydrogen (secondary N) is 1. The second kappa shape index (κ2) is 5.66. The monoisotopic (exact) mass is 219 g/mol. The lowest BCUT2D eigenvalue weighted by Gasteiger charge is -2.20. The van der Waals surface area contributed by atoms with E-state index in [1.165, 1.54) is 12.4 Å². The van der Waals surface area contributed by atoms with Gasteiger partial charge < -0.3 is 10.2 Å². The number of carbonyl (C=O) groups excluding carboxylic acids is 1. The highest BCUT2D eigenvalue weighted by Gasteiger charge is 2.10. The van der Waals surface area contributed by atoms with Crippen molar-refractivity contribution < 1.29 is 4.79 Å². The van der Waals surface area contributed by atoms with Crippen LogP contribution in [0.4, 0.5) is 5.82 Å². The van der Waals surface area contributed by atoms with Crippen LogP contribution in [0, 0.1) is 11.3 Å². The number of carbonyl (C=O) groups is 1. The Balaban J connectivity index is 2.79. The molecule has 1 amide bonds. The van der Waals surface area contributed by atoms with Crippen LogP contribution in [-0.4, -0.2) is 36.0 Å². The molecule has 0 saturated heterocycles. The minimum Gasteiger partial charge on any atom is -0.358 e. The smallest absolute Gasteiger partial charge is 0.239 e. The Morgan fingerprint density at radius 3 is 2.75 bits per heavy atom. The average Bonchev–Trinajstić information content (AvgIpc) is 2.35. The molecule has 0 radical (unpaired) electrons. The van der Waals surface area contributed by atoms with Gasteiger partial charge >= 0.3 is 0 Å². The lowest BCUT2D eigenvalue weighted by molar-refractivity contribution is -0.119. The largest absolute Gasteiger partial charge is 0.358 e. The summed E-state index contributed by atoms with van der Waals surface area (Å²) < 4.78 is 0. The number of anilines is 1. The fourth-order valence-electron chi connectivity index (χ4n) is 1.15. The zero-order chi connectivity index (χ0) is 12.0. The fraction of sp³-hybridized carbons (Fsp3) is 0.400. The van der Waals surface area contributed by atoms with Crippen LogP contribution in [-0.2, 0) is 4.79 Å². The zero-order valence-electron chi connectivity index (χ0n) is 9.27. The van der Waals surface area contributed by atoms with Gasteiger partial charge in [0.1, 0.15) is 11.9 Å². The van der Waals surface area contributed by atoms with Crippen molar-refractivity contribution in [3.8, 4) is 6.07 Å². The normalized spacial score (nSPS) is 9.31. The summed E-state index contributed by atoms with van der Waals surface area (Å²) in [5, 5.41) is 11.1. The van der Waals surface area contributed by atoms with Gasteiger partial charge in [0.15, 0.2) is 5.69 Å². The first kappa shape index (κ1) is 11.9. The number of amides is 1. The summed E-state index contributed by atoms with van der Waals surface area (Å²) in [6.07, 6.45) is 2.88. The molecule has 6 heteroatoms. The molecule has 0 aliphatic heterocycles. The van der Waals surface area contributed by atoms with E-state index in [2.05, 4.69) is 15.3 Å². The van der Waals surface area contributed by atoms with E-state index in [1.807, 2.05) is 13.0 Å². The molecule has 16 heavy (non-hydrogen) atoms. The molecule has 0 atom stereocenters. The molecule has 0 aliphatic carbocycles. The third kappa shape index (κ3) is 2.92. The van der Waals surface area contributed by atoms with Crippen LogP contribution in [0.3, 0.4) is 0 Å². The summed E-state index contributed by atoms with van der Waals surface area (Å²) in [4.78, 5) is 21.0. The minimum absolute atomic E-state index is 0.0898. The number of rotatable bonds is 4. The Labute approximate surface area is 93.9 Å². The van der Waals surface area contributed by atoms with Gasteiger partial charge in [-0.05, 0) is 6.92 Å². The summed E-state index contributed by atoms with van der Waals surface area (Å²) in [5.74, 6) is 0.498. The van der Waals surface area contributed by atoms with Gasteiger partial charge in [-0.1, -0.05) is 0 Å². The van der Waals surface area contributed by atoms with Crippen molar-refractivity contribution in [1.82, 2.24) is 15.3 Å². The van der Waals surface area contributed by atoms with Crippen LogP contribution < -0.4 is 10.2 Å². The average molecular weight is 219 g/mol.